The van der Waals surface area contributed by atoms with Crippen LogP contribution in [0, 0.1) is 11.3 Å². The number of phenols is 1. The minimum Gasteiger partial charge on any atom is -0.508 e. The van der Waals surface area contributed by atoms with Gasteiger partial charge in [-0.05, 0) is 36.4 Å². The fourth-order valence-corrected chi connectivity index (χ4v) is 2.62. The van der Waals surface area contributed by atoms with Crippen LogP contribution in [0.15, 0.2) is 53.9 Å². The van der Waals surface area contributed by atoms with Crippen LogP contribution in [0.2, 0.25) is 0 Å². The van der Waals surface area contributed by atoms with Crippen molar-refractivity contribution in [1.82, 2.24) is 4.98 Å². The highest BCUT2D eigenvalue weighted by Crippen LogP contribution is 2.28. The molecule has 0 spiro atoms. The Kier molecular flexibility index (Phi) is 3.54. The third-order valence-corrected chi connectivity index (χ3v) is 3.67. The van der Waals surface area contributed by atoms with Gasteiger partial charge in [0.25, 0.3) is 0 Å². The fourth-order valence-electron chi connectivity index (χ4n) is 1.88. The van der Waals surface area contributed by atoms with Gasteiger partial charge in [-0.3, -0.25) is 0 Å². The number of hydrogen-bond acceptors (Lipinski definition) is 5. The Hall–Kier alpha value is -2.84. The number of hydrogen-bond donors (Lipinski definition) is 2. The topological polar surface area (TPSA) is 68.9 Å². The minimum atomic E-state index is 0.230. The summed E-state index contributed by atoms with van der Waals surface area (Å²) >= 11 is 1.49. The van der Waals surface area contributed by atoms with Crippen LogP contribution in [-0.2, 0) is 0 Å². The maximum absolute atomic E-state index is 9.26. The number of nitrogens with one attached hydrogen (secondary N) is 1. The molecule has 0 bridgehead atoms. The number of rotatable bonds is 3. The van der Waals surface area contributed by atoms with E-state index in [1.165, 1.54) is 11.3 Å². The lowest BCUT2D eigenvalue weighted by Gasteiger charge is -2.02. The number of aromatic nitrogens is 1. The van der Waals surface area contributed by atoms with Gasteiger partial charge in [0.2, 0.25) is 0 Å². The molecule has 0 atom stereocenters. The zero-order chi connectivity index (χ0) is 14.7. The molecule has 3 rings (SSSR count). The zero-order valence-electron chi connectivity index (χ0n) is 10.9. The summed E-state index contributed by atoms with van der Waals surface area (Å²) in [4.78, 5) is 4.51. The number of benzene rings is 2. The van der Waals surface area contributed by atoms with Crippen LogP contribution >= 0.6 is 11.3 Å². The van der Waals surface area contributed by atoms with Crippen molar-refractivity contribution in [2.24, 2.45) is 0 Å². The van der Waals surface area contributed by atoms with Crippen molar-refractivity contribution in [2.75, 3.05) is 5.32 Å². The summed E-state index contributed by atoms with van der Waals surface area (Å²) in [5.74, 6) is 0.230. The molecule has 1 aromatic heterocycles. The summed E-state index contributed by atoms with van der Waals surface area (Å²) in [5.41, 5.74) is 3.23. The first-order chi connectivity index (χ1) is 10.2. The van der Waals surface area contributed by atoms with Crippen LogP contribution in [0.4, 0.5) is 10.8 Å². The monoisotopic (exact) mass is 293 g/mol. The summed E-state index contributed by atoms with van der Waals surface area (Å²) in [6.07, 6.45) is 0. The lowest BCUT2D eigenvalue weighted by atomic mass is 10.1. The molecule has 5 heteroatoms. The molecule has 2 aromatic carbocycles. The molecule has 0 fully saturated rings. The highest BCUT2D eigenvalue weighted by atomic mass is 32.1. The molecule has 0 unspecified atom stereocenters. The Balaban J connectivity index is 1.83. The number of phenolic OH excluding ortho intramolecular Hbond substituents is 1. The smallest absolute Gasteiger partial charge is 0.187 e. The maximum Gasteiger partial charge on any atom is 0.187 e. The highest BCUT2D eigenvalue weighted by Gasteiger charge is 2.05. The van der Waals surface area contributed by atoms with E-state index in [4.69, 9.17) is 5.26 Å². The van der Waals surface area contributed by atoms with Crippen LogP contribution in [0.5, 0.6) is 5.75 Å². The Morgan fingerprint density at radius 3 is 2.71 bits per heavy atom. The number of nitriles is 1. The normalized spacial score (nSPS) is 10.0. The number of nitrogens with zero attached hydrogens (tertiary/aromatic N) is 2. The predicted molar refractivity (Wildman–Crippen MR) is 83.7 cm³/mol. The van der Waals surface area contributed by atoms with Crippen LogP contribution in [0.3, 0.4) is 0 Å². The van der Waals surface area contributed by atoms with E-state index in [0.29, 0.717) is 5.56 Å². The van der Waals surface area contributed by atoms with E-state index in [1.54, 1.807) is 30.3 Å². The summed E-state index contributed by atoms with van der Waals surface area (Å²) in [5, 5.41) is 24.1. The quantitative estimate of drug-likeness (QED) is 0.712. The van der Waals surface area contributed by atoms with Crippen molar-refractivity contribution < 1.29 is 5.11 Å². The van der Waals surface area contributed by atoms with E-state index < -0.39 is 0 Å². The van der Waals surface area contributed by atoms with E-state index in [1.807, 2.05) is 23.6 Å². The van der Waals surface area contributed by atoms with Crippen molar-refractivity contribution in [3.05, 3.63) is 59.5 Å². The first-order valence-corrected chi connectivity index (χ1v) is 7.15. The third-order valence-electron chi connectivity index (χ3n) is 2.91. The van der Waals surface area contributed by atoms with Gasteiger partial charge >= 0.3 is 0 Å². The molecular formula is C16H11N3OS. The lowest BCUT2D eigenvalue weighted by Crippen LogP contribution is -1.89. The van der Waals surface area contributed by atoms with Gasteiger partial charge in [0, 0.05) is 16.6 Å². The summed E-state index contributed by atoms with van der Waals surface area (Å²) in [6.45, 7) is 0. The molecule has 3 aromatic rings. The van der Waals surface area contributed by atoms with E-state index in [-0.39, 0.29) is 5.75 Å². The Morgan fingerprint density at radius 2 is 1.95 bits per heavy atom. The van der Waals surface area contributed by atoms with Crippen LogP contribution in [-0.4, -0.2) is 10.1 Å². The van der Waals surface area contributed by atoms with E-state index in [0.717, 1.165) is 22.1 Å². The van der Waals surface area contributed by atoms with E-state index >= 15 is 0 Å². The first kappa shape index (κ1) is 13.2. The summed E-state index contributed by atoms with van der Waals surface area (Å²) in [7, 11) is 0. The average molecular weight is 293 g/mol. The Morgan fingerprint density at radius 1 is 1.14 bits per heavy atom. The van der Waals surface area contributed by atoms with Crippen molar-refractivity contribution >= 4 is 22.2 Å². The molecule has 1 heterocycles. The van der Waals surface area contributed by atoms with Crippen molar-refractivity contribution in [1.29, 1.82) is 5.26 Å². The standard InChI is InChI=1S/C16H11N3OS/c17-9-11-2-1-3-12(8-11)15-10-21-16(19-15)18-13-4-6-14(20)7-5-13/h1-8,10,20H,(H,18,19). The van der Waals surface area contributed by atoms with Gasteiger partial charge in [0.05, 0.1) is 17.3 Å². The van der Waals surface area contributed by atoms with Crippen LogP contribution in [0.1, 0.15) is 5.56 Å². The lowest BCUT2D eigenvalue weighted by molar-refractivity contribution is 0.475. The van der Waals surface area contributed by atoms with Gasteiger partial charge in [0.1, 0.15) is 5.75 Å². The second-order valence-electron chi connectivity index (χ2n) is 4.40. The Labute approximate surface area is 126 Å². The second kappa shape index (κ2) is 5.65. The molecule has 0 saturated heterocycles. The van der Waals surface area contributed by atoms with Crippen LogP contribution < -0.4 is 5.32 Å². The van der Waals surface area contributed by atoms with Gasteiger partial charge in [-0.1, -0.05) is 12.1 Å². The van der Waals surface area contributed by atoms with Gasteiger partial charge in [-0.2, -0.15) is 5.26 Å². The molecule has 0 radical (unpaired) electrons. The van der Waals surface area contributed by atoms with E-state index in [2.05, 4.69) is 16.4 Å². The van der Waals surface area contributed by atoms with Gasteiger partial charge in [-0.25, -0.2) is 4.98 Å². The number of anilines is 2. The largest absolute Gasteiger partial charge is 0.508 e. The molecule has 2 N–H and O–H groups in total. The third kappa shape index (κ3) is 3.02. The van der Waals surface area contributed by atoms with Gasteiger partial charge < -0.3 is 10.4 Å². The zero-order valence-corrected chi connectivity index (χ0v) is 11.8. The second-order valence-corrected chi connectivity index (χ2v) is 5.26. The molecule has 21 heavy (non-hydrogen) atoms. The molecule has 0 aliphatic carbocycles. The number of thiazole rings is 1. The van der Waals surface area contributed by atoms with Crippen molar-refractivity contribution in [3.63, 3.8) is 0 Å². The predicted octanol–water partition coefficient (Wildman–Crippen LogP) is 4.13. The average Bonchev–Trinajstić information content (AvgIpc) is 2.98. The van der Waals surface area contributed by atoms with Crippen molar-refractivity contribution in [2.45, 2.75) is 0 Å². The van der Waals surface area contributed by atoms with E-state index in [9.17, 15) is 5.11 Å². The van der Waals surface area contributed by atoms with Crippen molar-refractivity contribution in [3.8, 4) is 23.1 Å². The molecule has 4 nitrogen and oxygen atoms in total. The molecule has 0 aliphatic heterocycles. The Bertz CT molecular complexity index is 803. The summed E-state index contributed by atoms with van der Waals surface area (Å²) < 4.78 is 0. The molecule has 0 aliphatic rings. The molecule has 0 saturated carbocycles. The SMILES string of the molecule is N#Cc1cccc(-c2csc(Nc3ccc(O)cc3)n2)c1. The van der Waals surface area contributed by atoms with Crippen LogP contribution in [0.25, 0.3) is 11.3 Å². The number of aromatic hydroxyl groups is 1. The summed E-state index contributed by atoms with van der Waals surface area (Å²) in [6, 6.07) is 16.3. The fraction of sp³-hybridized carbons (Fsp3) is 0. The highest BCUT2D eigenvalue weighted by molar-refractivity contribution is 7.14. The van der Waals surface area contributed by atoms with Gasteiger partial charge in [-0.15, -0.1) is 11.3 Å². The first-order valence-electron chi connectivity index (χ1n) is 6.27. The molecule has 0 amide bonds. The molecular weight excluding hydrogens is 282 g/mol. The molecule has 102 valence electrons. The maximum atomic E-state index is 9.26. The minimum absolute atomic E-state index is 0.230. The van der Waals surface area contributed by atoms with Gasteiger partial charge in [0.15, 0.2) is 5.13 Å².